The van der Waals surface area contributed by atoms with E-state index < -0.39 is 18.4 Å². The van der Waals surface area contributed by atoms with Crippen LogP contribution in [0.25, 0.3) is 11.0 Å². The molecular weight excluding hydrogens is 266 g/mol. The van der Waals surface area contributed by atoms with Crippen LogP contribution in [-0.2, 0) is 4.74 Å². The van der Waals surface area contributed by atoms with Crippen molar-refractivity contribution < 1.29 is 19.7 Å². The number of hydrogen-bond acceptors (Lipinski definition) is 8. The van der Waals surface area contributed by atoms with Gasteiger partial charge in [-0.1, -0.05) is 0 Å². The molecule has 3 rings (SSSR count). The van der Waals surface area contributed by atoms with Crippen molar-refractivity contribution in [3.05, 3.63) is 6.20 Å². The average molecular weight is 281 g/mol. The van der Waals surface area contributed by atoms with Crippen molar-refractivity contribution >= 4 is 17.0 Å². The molecule has 108 valence electrons. The first kappa shape index (κ1) is 13.0. The van der Waals surface area contributed by atoms with Gasteiger partial charge in [0.2, 0.25) is 11.8 Å². The van der Waals surface area contributed by atoms with Crippen LogP contribution in [0.1, 0.15) is 12.6 Å². The second kappa shape index (κ2) is 4.85. The topological polar surface area (TPSA) is 129 Å². The van der Waals surface area contributed by atoms with Gasteiger partial charge in [-0.3, -0.25) is 0 Å². The van der Waals surface area contributed by atoms with Crippen LogP contribution in [0.2, 0.25) is 0 Å². The summed E-state index contributed by atoms with van der Waals surface area (Å²) in [5.74, 6) is 0.393. The van der Waals surface area contributed by atoms with Gasteiger partial charge in [-0.15, -0.1) is 0 Å². The second-order valence-corrected chi connectivity index (χ2v) is 4.53. The van der Waals surface area contributed by atoms with Crippen molar-refractivity contribution in [1.82, 2.24) is 19.7 Å². The molecule has 2 aromatic rings. The van der Waals surface area contributed by atoms with Gasteiger partial charge in [0.05, 0.1) is 26.0 Å². The summed E-state index contributed by atoms with van der Waals surface area (Å²) in [5.41, 5.74) is 6.10. The van der Waals surface area contributed by atoms with Crippen LogP contribution in [0.5, 0.6) is 5.88 Å². The molecule has 9 nitrogen and oxygen atoms in total. The third kappa shape index (κ3) is 1.96. The van der Waals surface area contributed by atoms with E-state index in [0.717, 1.165) is 0 Å². The zero-order valence-corrected chi connectivity index (χ0v) is 10.8. The van der Waals surface area contributed by atoms with E-state index in [4.69, 9.17) is 20.3 Å². The summed E-state index contributed by atoms with van der Waals surface area (Å²) in [6, 6.07) is 0. The second-order valence-electron chi connectivity index (χ2n) is 4.53. The minimum atomic E-state index is -0.745. The van der Waals surface area contributed by atoms with Gasteiger partial charge in [0.25, 0.3) is 0 Å². The Kier molecular flexibility index (Phi) is 3.16. The van der Waals surface area contributed by atoms with E-state index in [1.165, 1.54) is 11.8 Å². The van der Waals surface area contributed by atoms with Gasteiger partial charge in [0.1, 0.15) is 11.5 Å². The third-order valence-electron chi connectivity index (χ3n) is 3.29. The highest BCUT2D eigenvalue weighted by atomic mass is 16.5. The van der Waals surface area contributed by atoms with Crippen LogP contribution in [0, 0.1) is 0 Å². The number of aliphatic hydroxyl groups is 2. The Morgan fingerprint density at radius 2 is 2.35 bits per heavy atom. The first-order valence-corrected chi connectivity index (χ1v) is 6.13. The molecule has 1 unspecified atom stereocenters. The molecule has 1 aliphatic rings. The number of hydrogen-bond donors (Lipinski definition) is 3. The van der Waals surface area contributed by atoms with Gasteiger partial charge in [0, 0.05) is 6.42 Å². The van der Waals surface area contributed by atoms with Gasteiger partial charge in [-0.25, -0.2) is 4.68 Å². The average Bonchev–Trinajstić information content (AvgIpc) is 3.00. The Hall–Kier alpha value is -1.97. The Morgan fingerprint density at radius 1 is 1.55 bits per heavy atom. The lowest BCUT2D eigenvalue weighted by Gasteiger charge is -2.13. The van der Waals surface area contributed by atoms with E-state index >= 15 is 0 Å². The number of nitrogens with two attached hydrogens (primary N) is 1. The highest BCUT2D eigenvalue weighted by Crippen LogP contribution is 2.32. The van der Waals surface area contributed by atoms with Crippen molar-refractivity contribution in [3.8, 4) is 5.88 Å². The molecule has 3 atom stereocenters. The van der Waals surface area contributed by atoms with Gasteiger partial charge in [-0.2, -0.15) is 15.1 Å². The van der Waals surface area contributed by atoms with E-state index in [0.29, 0.717) is 23.3 Å². The molecule has 0 aliphatic carbocycles. The Labute approximate surface area is 113 Å². The van der Waals surface area contributed by atoms with E-state index in [-0.39, 0.29) is 12.6 Å². The number of ether oxygens (including phenoxy) is 2. The van der Waals surface area contributed by atoms with E-state index in [9.17, 15) is 5.11 Å². The molecule has 1 saturated heterocycles. The van der Waals surface area contributed by atoms with Gasteiger partial charge in [0.15, 0.2) is 11.9 Å². The number of nitrogen functional groups attached to an aromatic ring is 1. The summed E-state index contributed by atoms with van der Waals surface area (Å²) in [6.07, 6.45) is -0.0200. The summed E-state index contributed by atoms with van der Waals surface area (Å²) in [6.45, 7) is -0.253. The molecule has 20 heavy (non-hydrogen) atoms. The molecule has 2 aromatic heterocycles. The van der Waals surface area contributed by atoms with Gasteiger partial charge in [-0.05, 0) is 0 Å². The molecule has 0 spiro atoms. The van der Waals surface area contributed by atoms with Crippen LogP contribution in [0.4, 0.5) is 5.95 Å². The lowest BCUT2D eigenvalue weighted by atomic mass is 10.2. The Balaban J connectivity index is 2.03. The van der Waals surface area contributed by atoms with Crippen LogP contribution in [0.3, 0.4) is 0 Å². The predicted octanol–water partition coefficient (Wildman–Crippen LogP) is -0.942. The maximum Gasteiger partial charge on any atom is 0.229 e. The van der Waals surface area contributed by atoms with Crippen molar-refractivity contribution in [2.45, 2.75) is 24.9 Å². The number of rotatable bonds is 3. The molecular formula is C11H15N5O4. The Bertz CT molecular complexity index is 631. The number of aliphatic hydroxyl groups excluding tert-OH is 2. The van der Waals surface area contributed by atoms with Gasteiger partial charge >= 0.3 is 0 Å². The summed E-state index contributed by atoms with van der Waals surface area (Å²) < 4.78 is 12.2. The first-order chi connectivity index (χ1) is 9.63. The van der Waals surface area contributed by atoms with Crippen LogP contribution in [0.15, 0.2) is 6.20 Å². The quantitative estimate of drug-likeness (QED) is 0.657. The minimum absolute atomic E-state index is 0.0633. The summed E-state index contributed by atoms with van der Waals surface area (Å²) in [5, 5.41) is 23.7. The fourth-order valence-electron chi connectivity index (χ4n) is 2.31. The lowest BCUT2D eigenvalue weighted by Crippen LogP contribution is -2.24. The SMILES string of the molecule is COc1nc(N)nc2c1cnn2[C@H]1CC(O)[C@@H](CO)O1. The standard InChI is InChI=1S/C11H15N5O4/c1-19-10-5-3-13-16(9(5)14-11(12)15-10)8-2-6(18)7(4-17)20-8/h3,6-8,17-18H,2,4H2,1H3,(H2,12,14,15)/t6?,7-,8-/m1/s1. The van der Waals surface area contributed by atoms with Crippen LogP contribution in [-0.4, -0.2) is 55.9 Å². The van der Waals surface area contributed by atoms with Crippen LogP contribution < -0.4 is 10.5 Å². The first-order valence-electron chi connectivity index (χ1n) is 6.13. The summed E-state index contributed by atoms with van der Waals surface area (Å²) in [7, 11) is 1.48. The smallest absolute Gasteiger partial charge is 0.229 e. The van der Waals surface area contributed by atoms with Gasteiger partial charge < -0.3 is 25.4 Å². The normalized spacial score (nSPS) is 26.2. The summed E-state index contributed by atoms with van der Waals surface area (Å²) >= 11 is 0. The number of aromatic nitrogens is 4. The van der Waals surface area contributed by atoms with Crippen molar-refractivity contribution in [1.29, 1.82) is 0 Å². The zero-order valence-electron chi connectivity index (χ0n) is 10.8. The monoisotopic (exact) mass is 281 g/mol. The molecule has 0 aromatic carbocycles. The zero-order chi connectivity index (χ0) is 14.3. The minimum Gasteiger partial charge on any atom is -0.480 e. The number of anilines is 1. The molecule has 1 fully saturated rings. The molecule has 4 N–H and O–H groups in total. The molecule has 0 amide bonds. The van der Waals surface area contributed by atoms with Crippen molar-refractivity contribution in [2.24, 2.45) is 0 Å². The number of fused-ring (bicyclic) bond motifs is 1. The molecule has 0 bridgehead atoms. The molecule has 0 radical (unpaired) electrons. The third-order valence-corrected chi connectivity index (χ3v) is 3.29. The van der Waals surface area contributed by atoms with E-state index in [1.54, 1.807) is 6.20 Å². The highest BCUT2D eigenvalue weighted by Gasteiger charge is 2.36. The van der Waals surface area contributed by atoms with Crippen LogP contribution >= 0.6 is 0 Å². The molecule has 1 aliphatic heterocycles. The van der Waals surface area contributed by atoms with Crippen molar-refractivity contribution in [2.75, 3.05) is 19.5 Å². The largest absolute Gasteiger partial charge is 0.480 e. The number of nitrogens with zero attached hydrogens (tertiary/aromatic N) is 4. The summed E-state index contributed by atoms with van der Waals surface area (Å²) in [4.78, 5) is 8.09. The predicted molar refractivity (Wildman–Crippen MR) is 67.9 cm³/mol. The fraction of sp³-hybridized carbons (Fsp3) is 0.545. The number of methoxy groups -OCH3 is 1. The van der Waals surface area contributed by atoms with E-state index in [2.05, 4.69) is 15.1 Å². The van der Waals surface area contributed by atoms with Crippen molar-refractivity contribution in [3.63, 3.8) is 0 Å². The highest BCUT2D eigenvalue weighted by molar-refractivity contribution is 5.81. The maximum absolute atomic E-state index is 9.78. The molecule has 0 saturated carbocycles. The lowest BCUT2D eigenvalue weighted by molar-refractivity contribution is -0.0470. The fourth-order valence-corrected chi connectivity index (χ4v) is 2.31. The Morgan fingerprint density at radius 3 is 3.00 bits per heavy atom. The molecule has 3 heterocycles. The molecule has 9 heteroatoms. The maximum atomic E-state index is 9.78. The van der Waals surface area contributed by atoms with E-state index in [1.807, 2.05) is 0 Å².